The van der Waals surface area contributed by atoms with E-state index in [1.54, 1.807) is 0 Å². The van der Waals surface area contributed by atoms with Crippen molar-refractivity contribution in [2.24, 2.45) is 23.7 Å². The average molecular weight is 369 g/mol. The van der Waals surface area contributed by atoms with Crippen LogP contribution in [0.25, 0.3) is 0 Å². The van der Waals surface area contributed by atoms with Crippen molar-refractivity contribution in [1.29, 1.82) is 0 Å². The Balaban J connectivity index is 2.23. The molecule has 1 saturated carbocycles. The van der Waals surface area contributed by atoms with Gasteiger partial charge in [-0.1, -0.05) is 104 Å². The van der Waals surface area contributed by atoms with Gasteiger partial charge in [0.25, 0.3) is 0 Å². The minimum absolute atomic E-state index is 0.153. The molecule has 1 rings (SSSR count). The van der Waals surface area contributed by atoms with Crippen LogP contribution in [0.1, 0.15) is 111 Å². The first-order chi connectivity index (χ1) is 12.6. The lowest BCUT2D eigenvalue weighted by Crippen LogP contribution is -2.18. The number of unbranched alkanes of at least 4 members (excludes halogenated alkanes) is 1. The van der Waals surface area contributed by atoms with Crippen LogP contribution >= 0.6 is 0 Å². The van der Waals surface area contributed by atoms with Crippen molar-refractivity contribution in [2.45, 2.75) is 111 Å². The van der Waals surface area contributed by atoms with Gasteiger partial charge in [0.15, 0.2) is 0 Å². The molecule has 0 aromatic rings. The molecule has 26 heavy (non-hydrogen) atoms. The molecule has 2 unspecified atom stereocenters. The van der Waals surface area contributed by atoms with Crippen molar-refractivity contribution in [2.75, 3.05) is 19.8 Å². The highest BCUT2D eigenvalue weighted by Gasteiger charge is 2.23. The van der Waals surface area contributed by atoms with Crippen molar-refractivity contribution in [3.05, 3.63) is 0 Å². The van der Waals surface area contributed by atoms with Crippen LogP contribution in [0.4, 0.5) is 0 Å². The summed E-state index contributed by atoms with van der Waals surface area (Å²) in [6.45, 7) is 8.63. The number of hydrogen-bond acceptors (Lipinski definition) is 2. The molecular weight excluding hydrogens is 320 g/mol. The van der Waals surface area contributed by atoms with Crippen molar-refractivity contribution in [3.8, 4) is 0 Å². The maximum atomic E-state index is 8.78. The molecule has 0 heterocycles. The third kappa shape index (κ3) is 12.3. The molecular formula is C24H48O2. The van der Waals surface area contributed by atoms with Gasteiger partial charge in [0, 0.05) is 6.61 Å². The summed E-state index contributed by atoms with van der Waals surface area (Å²) in [7, 11) is 0. The summed E-state index contributed by atoms with van der Waals surface area (Å²) in [5, 5.41) is 8.78. The van der Waals surface area contributed by atoms with Gasteiger partial charge in [-0.2, -0.15) is 0 Å². The van der Waals surface area contributed by atoms with Crippen molar-refractivity contribution < 1.29 is 9.84 Å². The molecule has 0 radical (unpaired) electrons. The number of rotatable bonds is 16. The van der Waals surface area contributed by atoms with Gasteiger partial charge in [0.05, 0.1) is 13.2 Å². The van der Waals surface area contributed by atoms with E-state index in [0.717, 1.165) is 36.7 Å². The fraction of sp³-hybridized carbons (Fsp3) is 1.00. The molecule has 0 aromatic heterocycles. The van der Waals surface area contributed by atoms with Crippen molar-refractivity contribution in [3.63, 3.8) is 0 Å². The number of aliphatic hydroxyl groups is 1. The van der Waals surface area contributed by atoms with Crippen molar-refractivity contribution >= 4 is 0 Å². The largest absolute Gasteiger partial charge is 0.394 e. The summed E-state index contributed by atoms with van der Waals surface area (Å²) < 4.78 is 5.43. The van der Waals surface area contributed by atoms with Crippen LogP contribution in [0, 0.1) is 23.7 Å². The van der Waals surface area contributed by atoms with Crippen LogP contribution < -0.4 is 0 Å². The molecule has 2 nitrogen and oxygen atoms in total. The molecule has 0 amide bonds. The monoisotopic (exact) mass is 368 g/mol. The molecule has 0 aliphatic heterocycles. The van der Waals surface area contributed by atoms with Crippen molar-refractivity contribution in [1.82, 2.24) is 0 Å². The second kappa shape index (κ2) is 15.9. The molecule has 1 fully saturated rings. The molecule has 1 N–H and O–H groups in total. The fourth-order valence-corrected chi connectivity index (χ4v) is 4.75. The SMILES string of the molecule is CC(C)CCCC(C)CCCC(CCCCOCCO)C1CCCCC1. The molecule has 156 valence electrons. The highest BCUT2D eigenvalue weighted by atomic mass is 16.5. The Bertz CT molecular complexity index is 297. The van der Waals surface area contributed by atoms with E-state index in [2.05, 4.69) is 20.8 Å². The minimum Gasteiger partial charge on any atom is -0.394 e. The van der Waals surface area contributed by atoms with Gasteiger partial charge < -0.3 is 9.84 Å². The van der Waals surface area contributed by atoms with Gasteiger partial charge in [-0.05, 0) is 30.1 Å². The summed E-state index contributed by atoms with van der Waals surface area (Å²) in [5.41, 5.74) is 0. The third-order valence-electron chi connectivity index (χ3n) is 6.42. The molecule has 0 bridgehead atoms. The van der Waals surface area contributed by atoms with Gasteiger partial charge >= 0.3 is 0 Å². The van der Waals surface area contributed by atoms with Crippen LogP contribution in [-0.4, -0.2) is 24.9 Å². The van der Waals surface area contributed by atoms with Gasteiger partial charge in [-0.3, -0.25) is 0 Å². The Hall–Kier alpha value is -0.0800. The Morgan fingerprint density at radius 1 is 0.769 bits per heavy atom. The lowest BCUT2D eigenvalue weighted by Gasteiger charge is -2.31. The van der Waals surface area contributed by atoms with E-state index in [1.807, 2.05) is 0 Å². The van der Waals surface area contributed by atoms with Gasteiger partial charge in [-0.15, -0.1) is 0 Å². The summed E-state index contributed by atoms with van der Waals surface area (Å²) >= 11 is 0. The summed E-state index contributed by atoms with van der Waals surface area (Å²) in [5.74, 6) is 3.72. The van der Waals surface area contributed by atoms with E-state index in [9.17, 15) is 0 Å². The second-order valence-corrected chi connectivity index (χ2v) is 9.35. The van der Waals surface area contributed by atoms with Crippen LogP contribution in [-0.2, 0) is 4.74 Å². The predicted octanol–water partition coefficient (Wildman–Crippen LogP) is 6.99. The quantitative estimate of drug-likeness (QED) is 0.297. The maximum Gasteiger partial charge on any atom is 0.0697 e. The Morgan fingerprint density at radius 3 is 2.08 bits per heavy atom. The Morgan fingerprint density at radius 2 is 1.42 bits per heavy atom. The zero-order valence-electron chi connectivity index (χ0n) is 18.2. The first-order valence-electron chi connectivity index (χ1n) is 11.8. The zero-order chi connectivity index (χ0) is 19.0. The zero-order valence-corrected chi connectivity index (χ0v) is 18.2. The van der Waals surface area contributed by atoms with Gasteiger partial charge in [0.2, 0.25) is 0 Å². The van der Waals surface area contributed by atoms with E-state index in [-0.39, 0.29) is 6.61 Å². The molecule has 0 aromatic carbocycles. The summed E-state index contributed by atoms with van der Waals surface area (Å²) in [4.78, 5) is 0. The summed E-state index contributed by atoms with van der Waals surface area (Å²) in [6.07, 6.45) is 19.8. The van der Waals surface area contributed by atoms with Crippen LogP contribution in [0.2, 0.25) is 0 Å². The summed E-state index contributed by atoms with van der Waals surface area (Å²) in [6, 6.07) is 0. The highest BCUT2D eigenvalue weighted by molar-refractivity contribution is 4.75. The lowest BCUT2D eigenvalue weighted by molar-refractivity contribution is 0.0878. The molecule has 0 spiro atoms. The molecule has 2 heteroatoms. The normalized spacial score (nSPS) is 18.3. The minimum atomic E-state index is 0.153. The van der Waals surface area contributed by atoms with Crippen LogP contribution in [0.5, 0.6) is 0 Å². The Kier molecular flexibility index (Phi) is 14.7. The first-order valence-corrected chi connectivity index (χ1v) is 11.8. The topological polar surface area (TPSA) is 29.5 Å². The standard InChI is InChI=1S/C24H48O2/c1-21(2)11-9-12-22(3)13-10-17-24(23-14-5-4-6-15-23)16-7-8-19-26-20-18-25/h21-25H,4-20H2,1-3H3. The van der Waals surface area contributed by atoms with Crippen LogP contribution in [0.3, 0.4) is 0 Å². The van der Waals surface area contributed by atoms with E-state index in [1.165, 1.54) is 83.5 Å². The van der Waals surface area contributed by atoms with E-state index in [4.69, 9.17) is 9.84 Å². The number of aliphatic hydroxyl groups excluding tert-OH is 1. The van der Waals surface area contributed by atoms with Gasteiger partial charge in [0.1, 0.15) is 0 Å². The second-order valence-electron chi connectivity index (χ2n) is 9.35. The molecule has 2 atom stereocenters. The first kappa shape index (κ1) is 24.0. The molecule has 1 aliphatic rings. The molecule has 0 saturated heterocycles. The van der Waals surface area contributed by atoms with E-state index in [0.29, 0.717) is 6.61 Å². The Labute approximate surface area is 164 Å². The molecule has 1 aliphatic carbocycles. The lowest BCUT2D eigenvalue weighted by atomic mass is 9.75. The highest BCUT2D eigenvalue weighted by Crippen LogP contribution is 2.36. The predicted molar refractivity (Wildman–Crippen MR) is 114 cm³/mol. The third-order valence-corrected chi connectivity index (χ3v) is 6.42. The van der Waals surface area contributed by atoms with Gasteiger partial charge in [-0.25, -0.2) is 0 Å². The fourth-order valence-electron chi connectivity index (χ4n) is 4.75. The average Bonchev–Trinajstić information content (AvgIpc) is 2.63. The van der Waals surface area contributed by atoms with Crippen LogP contribution in [0.15, 0.2) is 0 Å². The van der Waals surface area contributed by atoms with E-state index < -0.39 is 0 Å². The maximum absolute atomic E-state index is 8.78. The van der Waals surface area contributed by atoms with E-state index >= 15 is 0 Å². The smallest absolute Gasteiger partial charge is 0.0697 e. The number of hydrogen-bond donors (Lipinski definition) is 1. The number of ether oxygens (including phenoxy) is 1.